The van der Waals surface area contributed by atoms with Gasteiger partial charge in [-0.05, 0) is 6.07 Å². The van der Waals surface area contributed by atoms with Crippen molar-refractivity contribution in [1.29, 1.82) is 0 Å². The van der Waals surface area contributed by atoms with Crippen LogP contribution in [-0.4, -0.2) is 30.2 Å². The van der Waals surface area contributed by atoms with E-state index in [9.17, 15) is 5.11 Å². The highest BCUT2D eigenvalue weighted by Crippen LogP contribution is 2.27. The third kappa shape index (κ3) is 1.77. The molecule has 3 heterocycles. The molecule has 0 spiro atoms. The van der Waals surface area contributed by atoms with E-state index in [0.29, 0.717) is 17.1 Å². The van der Waals surface area contributed by atoms with Crippen LogP contribution in [0.1, 0.15) is 0 Å². The van der Waals surface area contributed by atoms with Gasteiger partial charge in [0.2, 0.25) is 5.82 Å². The summed E-state index contributed by atoms with van der Waals surface area (Å²) in [7, 11) is 0. The lowest BCUT2D eigenvalue weighted by atomic mass is 10.2. The third-order valence-electron chi connectivity index (χ3n) is 2.25. The first-order valence-electron chi connectivity index (χ1n) is 5.08. The molecular formula is C11H7N5O2. The molecule has 0 aliphatic heterocycles. The first-order valence-corrected chi connectivity index (χ1v) is 5.08. The van der Waals surface area contributed by atoms with Gasteiger partial charge in [0.15, 0.2) is 0 Å². The molecule has 0 fully saturated rings. The Bertz CT molecular complexity index is 668. The maximum absolute atomic E-state index is 9.63. The highest BCUT2D eigenvalue weighted by Gasteiger charge is 2.14. The van der Waals surface area contributed by atoms with Gasteiger partial charge in [0, 0.05) is 18.6 Å². The Balaban J connectivity index is 2.03. The van der Waals surface area contributed by atoms with Gasteiger partial charge in [0.1, 0.15) is 11.4 Å². The van der Waals surface area contributed by atoms with Crippen LogP contribution in [0.5, 0.6) is 5.75 Å². The molecule has 1 N–H and O–H groups in total. The van der Waals surface area contributed by atoms with Gasteiger partial charge in [0.05, 0.1) is 18.0 Å². The lowest BCUT2D eigenvalue weighted by Crippen LogP contribution is -1.86. The summed E-state index contributed by atoms with van der Waals surface area (Å²) >= 11 is 0. The van der Waals surface area contributed by atoms with Crippen LogP contribution >= 0.6 is 0 Å². The monoisotopic (exact) mass is 241 g/mol. The van der Waals surface area contributed by atoms with E-state index in [2.05, 4.69) is 25.1 Å². The third-order valence-corrected chi connectivity index (χ3v) is 2.25. The number of hydrogen-bond donors (Lipinski definition) is 1. The Labute approximate surface area is 101 Å². The average Bonchev–Trinajstić information content (AvgIpc) is 2.90. The van der Waals surface area contributed by atoms with Gasteiger partial charge < -0.3 is 9.63 Å². The van der Waals surface area contributed by atoms with Crippen molar-refractivity contribution in [1.82, 2.24) is 25.1 Å². The van der Waals surface area contributed by atoms with Crippen LogP contribution in [0.4, 0.5) is 0 Å². The zero-order valence-electron chi connectivity index (χ0n) is 9.06. The molecule has 0 bridgehead atoms. The van der Waals surface area contributed by atoms with Gasteiger partial charge >= 0.3 is 0 Å². The Morgan fingerprint density at radius 3 is 2.72 bits per heavy atom. The fourth-order valence-electron chi connectivity index (χ4n) is 1.42. The zero-order valence-corrected chi connectivity index (χ0v) is 9.06. The predicted octanol–water partition coefficient (Wildman–Crippen LogP) is 1.29. The maximum Gasteiger partial charge on any atom is 0.262 e. The van der Waals surface area contributed by atoms with E-state index < -0.39 is 0 Å². The zero-order chi connectivity index (χ0) is 12.4. The maximum atomic E-state index is 9.63. The van der Waals surface area contributed by atoms with Crippen molar-refractivity contribution in [3.05, 3.63) is 37.1 Å². The summed E-state index contributed by atoms with van der Waals surface area (Å²) in [5.41, 5.74) is 0.925. The van der Waals surface area contributed by atoms with Gasteiger partial charge in [0.25, 0.3) is 5.89 Å². The van der Waals surface area contributed by atoms with Crippen LogP contribution in [0.15, 0.2) is 41.6 Å². The average molecular weight is 241 g/mol. The van der Waals surface area contributed by atoms with Crippen LogP contribution in [0.3, 0.4) is 0 Å². The van der Waals surface area contributed by atoms with Gasteiger partial charge in [-0.15, -0.1) is 0 Å². The quantitative estimate of drug-likeness (QED) is 0.721. The van der Waals surface area contributed by atoms with E-state index in [1.54, 1.807) is 12.3 Å². The Morgan fingerprint density at radius 2 is 1.94 bits per heavy atom. The van der Waals surface area contributed by atoms with E-state index in [1.807, 2.05) is 0 Å². The van der Waals surface area contributed by atoms with E-state index in [-0.39, 0.29) is 11.6 Å². The van der Waals surface area contributed by atoms with Crippen molar-refractivity contribution in [2.75, 3.05) is 0 Å². The molecule has 0 unspecified atom stereocenters. The minimum Gasteiger partial charge on any atom is -0.505 e. The minimum atomic E-state index is -0.0214. The van der Waals surface area contributed by atoms with Gasteiger partial charge in [-0.25, -0.2) is 4.98 Å². The number of hydrogen-bond acceptors (Lipinski definition) is 7. The molecule has 7 heteroatoms. The van der Waals surface area contributed by atoms with Crippen molar-refractivity contribution in [3.63, 3.8) is 0 Å². The van der Waals surface area contributed by atoms with Crippen molar-refractivity contribution >= 4 is 0 Å². The van der Waals surface area contributed by atoms with E-state index >= 15 is 0 Å². The standard InChI is InChI=1S/C11H7N5O2/c17-9-6-12-2-1-7(9)11-15-10(16-18-11)8-5-13-3-4-14-8/h1-6,17H. The van der Waals surface area contributed by atoms with E-state index in [0.717, 1.165) is 0 Å². The first kappa shape index (κ1) is 10.3. The molecule has 88 valence electrons. The highest BCUT2D eigenvalue weighted by atomic mass is 16.5. The smallest absolute Gasteiger partial charge is 0.262 e. The Morgan fingerprint density at radius 1 is 1.06 bits per heavy atom. The van der Waals surface area contributed by atoms with Gasteiger partial charge in [-0.1, -0.05) is 5.16 Å². The fourth-order valence-corrected chi connectivity index (χ4v) is 1.42. The number of rotatable bonds is 2. The lowest BCUT2D eigenvalue weighted by Gasteiger charge is -1.95. The van der Waals surface area contributed by atoms with Gasteiger partial charge in [-0.3, -0.25) is 9.97 Å². The second-order valence-electron chi connectivity index (χ2n) is 3.41. The molecule has 0 aliphatic rings. The van der Waals surface area contributed by atoms with E-state index in [1.165, 1.54) is 24.8 Å². The molecule has 0 saturated heterocycles. The molecule has 0 aliphatic carbocycles. The van der Waals surface area contributed by atoms with Crippen LogP contribution in [0.2, 0.25) is 0 Å². The summed E-state index contributed by atoms with van der Waals surface area (Å²) in [6, 6.07) is 1.59. The lowest BCUT2D eigenvalue weighted by molar-refractivity contribution is 0.425. The summed E-state index contributed by atoms with van der Waals surface area (Å²) < 4.78 is 5.07. The van der Waals surface area contributed by atoms with Crippen molar-refractivity contribution in [3.8, 4) is 28.7 Å². The van der Waals surface area contributed by atoms with Crippen molar-refractivity contribution in [2.24, 2.45) is 0 Å². The SMILES string of the molecule is Oc1cnccc1-c1nc(-c2cnccn2)no1. The molecular weight excluding hydrogens is 234 g/mol. The molecule has 18 heavy (non-hydrogen) atoms. The van der Waals surface area contributed by atoms with Crippen LogP contribution in [-0.2, 0) is 0 Å². The largest absolute Gasteiger partial charge is 0.505 e. The summed E-state index contributed by atoms with van der Waals surface area (Å²) in [5.74, 6) is 0.497. The molecule has 0 atom stereocenters. The highest BCUT2D eigenvalue weighted by molar-refractivity contribution is 5.62. The summed E-state index contributed by atoms with van der Waals surface area (Å²) in [4.78, 5) is 15.9. The second kappa shape index (κ2) is 4.21. The summed E-state index contributed by atoms with van der Waals surface area (Å²) in [6.07, 6.45) is 7.46. The number of aromatic nitrogens is 5. The minimum absolute atomic E-state index is 0.0214. The molecule has 0 amide bonds. The topological polar surface area (TPSA) is 97.8 Å². The summed E-state index contributed by atoms with van der Waals surface area (Å²) in [6.45, 7) is 0. The molecule has 3 rings (SSSR count). The molecule has 0 saturated carbocycles. The number of nitrogens with zero attached hydrogens (tertiary/aromatic N) is 5. The van der Waals surface area contributed by atoms with Crippen LogP contribution < -0.4 is 0 Å². The van der Waals surface area contributed by atoms with Crippen molar-refractivity contribution < 1.29 is 9.63 Å². The van der Waals surface area contributed by atoms with Crippen molar-refractivity contribution in [2.45, 2.75) is 0 Å². The molecule has 0 radical (unpaired) electrons. The van der Waals surface area contributed by atoms with Crippen LogP contribution in [0, 0.1) is 0 Å². The second-order valence-corrected chi connectivity index (χ2v) is 3.41. The number of aromatic hydroxyl groups is 1. The molecule has 3 aromatic heterocycles. The van der Waals surface area contributed by atoms with E-state index in [4.69, 9.17) is 4.52 Å². The van der Waals surface area contributed by atoms with Gasteiger partial charge in [-0.2, -0.15) is 4.98 Å². The molecule has 3 aromatic rings. The Hall–Kier alpha value is -2.83. The fraction of sp³-hybridized carbons (Fsp3) is 0. The Kier molecular flexibility index (Phi) is 2.41. The van der Waals surface area contributed by atoms with Crippen LogP contribution in [0.25, 0.3) is 23.0 Å². The molecule has 7 nitrogen and oxygen atoms in total. The summed E-state index contributed by atoms with van der Waals surface area (Å²) in [5, 5.41) is 13.4. The molecule has 0 aromatic carbocycles. The predicted molar refractivity (Wildman–Crippen MR) is 60.2 cm³/mol. The normalized spacial score (nSPS) is 10.4. The number of pyridine rings is 1. The first-order chi connectivity index (χ1) is 8.84.